The summed E-state index contributed by atoms with van der Waals surface area (Å²) in [6, 6.07) is 9.97. The Kier molecular flexibility index (Phi) is 23.0. The van der Waals surface area contributed by atoms with Gasteiger partial charge in [0, 0.05) is 19.0 Å². The van der Waals surface area contributed by atoms with Gasteiger partial charge in [-0.3, -0.25) is 4.79 Å². The monoisotopic (exact) mass is 542 g/mol. The number of amides is 1. The average Bonchev–Trinajstić information content (AvgIpc) is 2.93. The van der Waals surface area contributed by atoms with Crippen LogP contribution in [0.25, 0.3) is 6.08 Å². The fourth-order valence-corrected chi connectivity index (χ4v) is 5.42. The normalized spacial score (nSPS) is 11.9. The van der Waals surface area contributed by atoms with Crippen LogP contribution in [0.5, 0.6) is 0 Å². The molecule has 0 aliphatic carbocycles. The van der Waals surface area contributed by atoms with Gasteiger partial charge in [0.2, 0.25) is 5.91 Å². The fourth-order valence-electron chi connectivity index (χ4n) is 5.42. The molecule has 1 rings (SSSR count). The lowest BCUT2D eigenvalue weighted by Crippen LogP contribution is -2.42. The van der Waals surface area contributed by atoms with Crippen molar-refractivity contribution >= 4 is 12.0 Å². The van der Waals surface area contributed by atoms with Crippen LogP contribution in [0, 0.1) is 0 Å². The van der Waals surface area contributed by atoms with Crippen LogP contribution in [0.1, 0.15) is 147 Å². The first-order chi connectivity index (χ1) is 19.0. The largest absolute Gasteiger partial charge is 0.352 e. The predicted octanol–water partition coefficient (Wildman–Crippen LogP) is 10.1. The topological polar surface area (TPSA) is 29.1 Å². The Morgan fingerprint density at radius 3 is 1.49 bits per heavy atom. The minimum absolute atomic E-state index is 0.00163. The Morgan fingerprint density at radius 2 is 1.03 bits per heavy atom. The molecule has 0 bridgehead atoms. The summed E-state index contributed by atoms with van der Waals surface area (Å²) in [7, 11) is 4.65. The third kappa shape index (κ3) is 24.0. The van der Waals surface area contributed by atoms with E-state index in [0.717, 1.165) is 29.6 Å². The van der Waals surface area contributed by atoms with Gasteiger partial charge in [0.05, 0.1) is 27.2 Å². The van der Waals surface area contributed by atoms with Crippen molar-refractivity contribution in [3.63, 3.8) is 0 Å². The van der Waals surface area contributed by atoms with Crippen LogP contribution in [0.4, 0.5) is 0 Å². The number of nitrogens with zero attached hydrogens (tertiary/aromatic N) is 1. The van der Waals surface area contributed by atoms with Crippen LogP contribution in [0.15, 0.2) is 36.4 Å². The van der Waals surface area contributed by atoms with Crippen LogP contribution in [0.3, 0.4) is 0 Å². The van der Waals surface area contributed by atoms with Gasteiger partial charge in [0.1, 0.15) is 0 Å². The Hall–Kier alpha value is -1.61. The highest BCUT2D eigenvalue weighted by molar-refractivity contribution is 5.91. The smallest absolute Gasteiger partial charge is 0.244 e. The molecule has 0 saturated heterocycles. The van der Waals surface area contributed by atoms with Crippen LogP contribution in [0.2, 0.25) is 0 Å². The van der Waals surface area contributed by atoms with Crippen LogP contribution in [-0.4, -0.2) is 44.1 Å². The van der Waals surface area contributed by atoms with E-state index in [4.69, 9.17) is 0 Å². The highest BCUT2D eigenvalue weighted by Gasteiger charge is 2.13. The Morgan fingerprint density at radius 1 is 0.615 bits per heavy atom. The third-order valence-electron chi connectivity index (χ3n) is 8.08. The molecule has 0 aliphatic rings. The van der Waals surface area contributed by atoms with E-state index in [1.54, 1.807) is 6.08 Å². The Bertz CT molecular complexity index is 697. The minimum atomic E-state index is -0.00163. The number of hydrogen-bond donors (Lipinski definition) is 1. The zero-order chi connectivity index (χ0) is 28.3. The van der Waals surface area contributed by atoms with Crippen LogP contribution >= 0.6 is 0 Å². The molecule has 1 N–H and O–H groups in total. The molecular weight excluding hydrogens is 476 g/mol. The van der Waals surface area contributed by atoms with Gasteiger partial charge in [-0.05, 0) is 24.5 Å². The van der Waals surface area contributed by atoms with Crippen molar-refractivity contribution in [1.29, 1.82) is 0 Å². The van der Waals surface area contributed by atoms with Crippen molar-refractivity contribution < 1.29 is 9.28 Å². The third-order valence-corrected chi connectivity index (χ3v) is 8.08. The first-order valence-electron chi connectivity index (χ1n) is 16.9. The summed E-state index contributed by atoms with van der Waals surface area (Å²) < 4.78 is 1.05. The zero-order valence-electron chi connectivity index (χ0n) is 26.4. The number of carbonyl (C=O) groups excluding carboxylic acids is 1. The van der Waals surface area contributed by atoms with Crippen molar-refractivity contribution in [2.75, 3.05) is 33.7 Å². The van der Waals surface area contributed by atoms with Gasteiger partial charge in [0.15, 0.2) is 0 Å². The summed E-state index contributed by atoms with van der Waals surface area (Å²) in [5.41, 5.74) is 1.06. The quantitative estimate of drug-likeness (QED) is 0.0670. The van der Waals surface area contributed by atoms with Gasteiger partial charge in [-0.1, -0.05) is 153 Å². The molecule has 3 nitrogen and oxygen atoms in total. The number of nitrogens with one attached hydrogen (secondary N) is 1. The number of quaternary nitrogens is 1. The Labute approximate surface area is 243 Å². The van der Waals surface area contributed by atoms with Gasteiger partial charge in [-0.15, -0.1) is 0 Å². The molecule has 0 fully saturated rings. The number of benzene rings is 1. The molecule has 1 aromatic carbocycles. The lowest BCUT2D eigenvalue weighted by atomic mass is 10.0. The van der Waals surface area contributed by atoms with Gasteiger partial charge in [0.25, 0.3) is 0 Å². The highest BCUT2D eigenvalue weighted by atomic mass is 16.1. The molecule has 1 aromatic rings. The van der Waals surface area contributed by atoms with Gasteiger partial charge in [-0.2, -0.15) is 0 Å². The number of unbranched alkanes of at least 4 members (excludes halogenated alkanes) is 19. The second-order valence-corrected chi connectivity index (χ2v) is 12.5. The standard InChI is InChI=1S/C36H64N2O/c1-4-5-6-7-8-9-10-11-12-13-14-15-16-17-18-19-20-21-22-26-33-38(2,3)34-27-32-37-36(39)31-30-35-28-24-23-25-29-35/h23-25,28-31H,4-22,26-27,32-34H2,1-3H3/p+1. The second kappa shape index (κ2) is 25.4. The average molecular weight is 542 g/mol. The van der Waals surface area contributed by atoms with Crippen molar-refractivity contribution in [3.8, 4) is 0 Å². The molecule has 1 amide bonds. The van der Waals surface area contributed by atoms with Gasteiger partial charge in [-0.25, -0.2) is 0 Å². The fraction of sp³-hybridized carbons (Fsp3) is 0.750. The summed E-state index contributed by atoms with van der Waals surface area (Å²) in [5, 5.41) is 3.02. The van der Waals surface area contributed by atoms with Crippen molar-refractivity contribution in [2.24, 2.45) is 0 Å². The number of carbonyl (C=O) groups is 1. The number of rotatable bonds is 27. The van der Waals surface area contributed by atoms with E-state index in [0.29, 0.717) is 0 Å². The molecule has 224 valence electrons. The minimum Gasteiger partial charge on any atom is -0.352 e. The molecule has 0 heterocycles. The first kappa shape index (κ1) is 35.4. The van der Waals surface area contributed by atoms with Crippen molar-refractivity contribution in [3.05, 3.63) is 42.0 Å². The van der Waals surface area contributed by atoms with E-state index in [1.807, 2.05) is 36.4 Å². The summed E-state index contributed by atoms with van der Waals surface area (Å²) in [5.74, 6) is -0.00163. The predicted molar refractivity (Wildman–Crippen MR) is 173 cm³/mol. The van der Waals surface area contributed by atoms with Crippen LogP contribution in [-0.2, 0) is 4.79 Å². The maximum absolute atomic E-state index is 12.0. The summed E-state index contributed by atoms with van der Waals surface area (Å²) in [4.78, 5) is 12.0. The van der Waals surface area contributed by atoms with Gasteiger partial charge >= 0.3 is 0 Å². The highest BCUT2D eigenvalue weighted by Crippen LogP contribution is 2.15. The van der Waals surface area contributed by atoms with Gasteiger partial charge < -0.3 is 9.80 Å². The SMILES string of the molecule is CCCCCCCCCCCCCCCCCCCCCC[N+](C)(C)CCCNC(=O)C=Cc1ccccc1. The lowest BCUT2D eigenvalue weighted by molar-refractivity contribution is -0.890. The lowest BCUT2D eigenvalue weighted by Gasteiger charge is -2.30. The van der Waals surface area contributed by atoms with E-state index in [9.17, 15) is 4.79 Å². The zero-order valence-corrected chi connectivity index (χ0v) is 26.4. The van der Waals surface area contributed by atoms with E-state index in [1.165, 1.54) is 135 Å². The summed E-state index contributed by atoms with van der Waals surface area (Å²) in [6.07, 6.45) is 33.2. The second-order valence-electron chi connectivity index (χ2n) is 12.5. The van der Waals surface area contributed by atoms with E-state index in [-0.39, 0.29) is 5.91 Å². The molecule has 0 atom stereocenters. The maximum atomic E-state index is 12.0. The first-order valence-corrected chi connectivity index (χ1v) is 16.9. The molecular formula is C36H65N2O+. The maximum Gasteiger partial charge on any atom is 0.244 e. The van der Waals surface area contributed by atoms with E-state index >= 15 is 0 Å². The number of hydrogen-bond acceptors (Lipinski definition) is 1. The molecule has 0 spiro atoms. The molecule has 0 radical (unpaired) electrons. The van der Waals surface area contributed by atoms with Crippen LogP contribution < -0.4 is 5.32 Å². The summed E-state index contributed by atoms with van der Waals surface area (Å²) in [6.45, 7) is 5.40. The van der Waals surface area contributed by atoms with E-state index < -0.39 is 0 Å². The Balaban J connectivity index is 1.82. The molecule has 0 saturated carbocycles. The summed E-state index contributed by atoms with van der Waals surface area (Å²) >= 11 is 0. The van der Waals surface area contributed by atoms with Crippen molar-refractivity contribution in [2.45, 2.75) is 142 Å². The molecule has 3 heteroatoms. The van der Waals surface area contributed by atoms with Crippen molar-refractivity contribution in [1.82, 2.24) is 5.32 Å². The molecule has 0 unspecified atom stereocenters. The molecule has 39 heavy (non-hydrogen) atoms. The van der Waals surface area contributed by atoms with E-state index in [2.05, 4.69) is 26.3 Å². The molecule has 0 aliphatic heterocycles. The molecule has 0 aromatic heterocycles.